The number of rotatable bonds is 6. The van der Waals surface area contributed by atoms with Gasteiger partial charge in [-0.3, -0.25) is 4.79 Å². The van der Waals surface area contributed by atoms with Crippen molar-refractivity contribution in [2.24, 2.45) is 11.3 Å². The van der Waals surface area contributed by atoms with Crippen LogP contribution in [0.25, 0.3) is 6.08 Å². The van der Waals surface area contributed by atoms with Gasteiger partial charge in [-0.25, -0.2) is 9.59 Å². The highest BCUT2D eigenvalue weighted by atomic mass is 16.6. The van der Waals surface area contributed by atoms with E-state index in [2.05, 4.69) is 0 Å². The fourth-order valence-corrected chi connectivity index (χ4v) is 6.88. The lowest BCUT2D eigenvalue weighted by Crippen LogP contribution is -2.79. The van der Waals surface area contributed by atoms with Gasteiger partial charge in [0.05, 0.1) is 16.6 Å². The SMILES string of the molecule is CC(=O)O[C@H]1[C@H]2C[C@H](OC(=O)/C=C\c3ccccc3)[C@@]3(C)[C@H](OC(=O)CO)CC[C@@](C)(O)[C@@]13OC2(C)C. The minimum atomic E-state index is -1.56. The topological polar surface area (TPSA) is 129 Å². The van der Waals surface area contributed by atoms with E-state index in [1.54, 1.807) is 19.9 Å². The molecule has 37 heavy (non-hydrogen) atoms. The zero-order valence-electron chi connectivity index (χ0n) is 21.9. The van der Waals surface area contributed by atoms with E-state index >= 15 is 0 Å². The molecule has 7 atom stereocenters. The normalized spacial score (nSPS) is 38.0. The smallest absolute Gasteiger partial charge is 0.332 e. The lowest BCUT2D eigenvalue weighted by Gasteiger charge is -2.64. The van der Waals surface area contributed by atoms with Crippen molar-refractivity contribution >= 4 is 24.0 Å². The Labute approximate surface area is 216 Å². The van der Waals surface area contributed by atoms with Crippen molar-refractivity contribution in [3.05, 3.63) is 42.0 Å². The third-order valence-corrected chi connectivity index (χ3v) is 8.55. The lowest BCUT2D eigenvalue weighted by molar-refractivity contribution is -0.329. The molecular weight excluding hydrogens is 480 g/mol. The van der Waals surface area contributed by atoms with Crippen molar-refractivity contribution in [3.63, 3.8) is 0 Å². The van der Waals surface area contributed by atoms with Gasteiger partial charge >= 0.3 is 17.9 Å². The van der Waals surface area contributed by atoms with Gasteiger partial charge in [0.15, 0.2) is 0 Å². The van der Waals surface area contributed by atoms with Crippen LogP contribution in [0.3, 0.4) is 0 Å². The first kappa shape index (κ1) is 27.3. The van der Waals surface area contributed by atoms with Crippen molar-refractivity contribution in [2.75, 3.05) is 6.61 Å². The summed E-state index contributed by atoms with van der Waals surface area (Å²) in [6, 6.07) is 9.28. The van der Waals surface area contributed by atoms with Crippen LogP contribution in [0.1, 0.15) is 59.4 Å². The number of esters is 3. The molecule has 1 saturated heterocycles. The van der Waals surface area contributed by atoms with Crippen LogP contribution in [0, 0.1) is 11.3 Å². The van der Waals surface area contributed by atoms with E-state index in [0.29, 0.717) is 0 Å². The van der Waals surface area contributed by atoms with Crippen molar-refractivity contribution < 1.29 is 43.5 Å². The summed E-state index contributed by atoms with van der Waals surface area (Å²) in [4.78, 5) is 37.6. The van der Waals surface area contributed by atoms with Crippen molar-refractivity contribution in [1.29, 1.82) is 0 Å². The molecule has 3 fully saturated rings. The highest BCUT2D eigenvalue weighted by molar-refractivity contribution is 5.87. The van der Waals surface area contributed by atoms with E-state index in [1.165, 1.54) is 13.0 Å². The van der Waals surface area contributed by atoms with Gasteiger partial charge in [-0.2, -0.15) is 0 Å². The molecule has 1 aromatic carbocycles. The van der Waals surface area contributed by atoms with Gasteiger partial charge in [0, 0.05) is 18.9 Å². The molecule has 4 rings (SSSR count). The third-order valence-electron chi connectivity index (χ3n) is 8.55. The van der Waals surface area contributed by atoms with E-state index in [0.717, 1.165) is 5.56 Å². The number of hydrogen-bond donors (Lipinski definition) is 2. The molecule has 1 aromatic rings. The summed E-state index contributed by atoms with van der Waals surface area (Å²) < 4.78 is 24.3. The summed E-state index contributed by atoms with van der Waals surface area (Å²) in [6.07, 6.45) is 0.974. The second-order valence-electron chi connectivity index (χ2n) is 11.2. The van der Waals surface area contributed by atoms with Gasteiger partial charge in [-0.15, -0.1) is 0 Å². The minimum Gasteiger partial charge on any atom is -0.460 e. The molecule has 0 amide bonds. The van der Waals surface area contributed by atoms with Crippen LogP contribution in [0.5, 0.6) is 0 Å². The van der Waals surface area contributed by atoms with Crippen LogP contribution in [0.4, 0.5) is 0 Å². The number of hydrogen-bond acceptors (Lipinski definition) is 9. The maximum absolute atomic E-state index is 13.1. The van der Waals surface area contributed by atoms with Crippen molar-refractivity contribution in [1.82, 2.24) is 0 Å². The first-order chi connectivity index (χ1) is 17.3. The van der Waals surface area contributed by atoms with E-state index in [4.69, 9.17) is 18.9 Å². The molecule has 1 aliphatic heterocycles. The van der Waals surface area contributed by atoms with E-state index in [1.807, 2.05) is 44.2 Å². The Hall–Kier alpha value is -2.75. The molecule has 9 nitrogen and oxygen atoms in total. The second kappa shape index (κ2) is 9.53. The Morgan fingerprint density at radius 3 is 2.35 bits per heavy atom. The largest absolute Gasteiger partial charge is 0.460 e. The molecule has 2 bridgehead atoms. The quantitative estimate of drug-likeness (QED) is 0.333. The first-order valence-electron chi connectivity index (χ1n) is 12.6. The van der Waals surface area contributed by atoms with Crippen LogP contribution in [0.2, 0.25) is 0 Å². The maximum Gasteiger partial charge on any atom is 0.332 e. The molecule has 9 heteroatoms. The van der Waals surface area contributed by atoms with Gasteiger partial charge in [-0.05, 0) is 58.6 Å². The third kappa shape index (κ3) is 4.36. The average molecular weight is 517 g/mol. The molecule has 1 spiro atoms. The minimum absolute atomic E-state index is 0.168. The number of aliphatic hydroxyl groups is 2. The summed E-state index contributed by atoms with van der Waals surface area (Å²) in [6.45, 7) is 7.52. The molecule has 2 aliphatic carbocycles. The Balaban J connectivity index is 1.80. The van der Waals surface area contributed by atoms with Gasteiger partial charge in [0.2, 0.25) is 0 Å². The monoisotopic (exact) mass is 516 g/mol. The molecule has 0 radical (unpaired) electrons. The fourth-order valence-electron chi connectivity index (χ4n) is 6.88. The van der Waals surface area contributed by atoms with Gasteiger partial charge in [-0.1, -0.05) is 30.3 Å². The van der Waals surface area contributed by atoms with Gasteiger partial charge in [0.1, 0.15) is 30.5 Å². The number of ether oxygens (including phenoxy) is 4. The van der Waals surface area contributed by atoms with Crippen molar-refractivity contribution in [3.8, 4) is 0 Å². The Kier molecular flexibility index (Phi) is 7.03. The van der Waals surface area contributed by atoms with Crippen LogP contribution in [-0.4, -0.2) is 69.8 Å². The standard InChI is InChI=1S/C28H36O9/c1-17(30)34-24-19-15-21(36-22(31)12-11-18-9-7-6-8-10-18)27(5)20(35-23(32)16-29)13-14-26(4,33)28(24,27)37-25(19,2)3/h6-12,19-21,24,29,33H,13-16H2,1-5H3/b12-11-/t19-,20-,21+,24+,26-,27-,28+/m1/s1. The Morgan fingerprint density at radius 1 is 1.05 bits per heavy atom. The summed E-state index contributed by atoms with van der Waals surface area (Å²) in [5.41, 5.74) is -4.46. The van der Waals surface area contributed by atoms with Crippen LogP contribution in [-0.2, 0) is 33.3 Å². The highest BCUT2D eigenvalue weighted by Gasteiger charge is 2.82. The maximum atomic E-state index is 13.1. The number of fused-ring (bicyclic) bond motifs is 1. The van der Waals surface area contributed by atoms with Crippen LogP contribution < -0.4 is 0 Å². The average Bonchev–Trinajstić information content (AvgIpc) is 3.01. The van der Waals surface area contributed by atoms with E-state index in [9.17, 15) is 24.6 Å². The fraction of sp³-hybridized carbons (Fsp3) is 0.607. The summed E-state index contributed by atoms with van der Waals surface area (Å²) in [5, 5.41) is 21.3. The van der Waals surface area contributed by atoms with Crippen LogP contribution >= 0.6 is 0 Å². The number of benzene rings is 1. The predicted molar refractivity (Wildman–Crippen MR) is 132 cm³/mol. The van der Waals surface area contributed by atoms with Crippen molar-refractivity contribution in [2.45, 2.75) is 89.0 Å². The molecule has 0 aromatic heterocycles. The Bertz CT molecular complexity index is 1080. The molecule has 0 unspecified atom stereocenters. The molecular formula is C28H36O9. The molecule has 1 heterocycles. The number of carbonyl (C=O) groups is 3. The van der Waals surface area contributed by atoms with E-state index in [-0.39, 0.29) is 19.3 Å². The highest BCUT2D eigenvalue weighted by Crippen LogP contribution is 2.68. The number of aliphatic hydroxyl groups excluding tert-OH is 1. The summed E-state index contributed by atoms with van der Waals surface area (Å²) >= 11 is 0. The zero-order chi connectivity index (χ0) is 27.2. The first-order valence-corrected chi connectivity index (χ1v) is 12.6. The summed E-state index contributed by atoms with van der Waals surface area (Å²) in [5.74, 6) is -2.41. The van der Waals surface area contributed by atoms with Crippen LogP contribution in [0.15, 0.2) is 36.4 Å². The van der Waals surface area contributed by atoms with Gasteiger partial charge < -0.3 is 29.2 Å². The summed E-state index contributed by atoms with van der Waals surface area (Å²) in [7, 11) is 0. The molecule has 202 valence electrons. The predicted octanol–water partition coefficient (Wildman–Crippen LogP) is 2.57. The molecule has 3 aliphatic rings. The number of carbonyl (C=O) groups excluding carboxylic acids is 3. The Morgan fingerprint density at radius 2 is 1.73 bits per heavy atom. The second-order valence-corrected chi connectivity index (χ2v) is 11.2. The molecule has 2 saturated carbocycles. The zero-order valence-corrected chi connectivity index (χ0v) is 21.9. The lowest BCUT2D eigenvalue weighted by atomic mass is 9.47. The molecule has 2 N–H and O–H groups in total. The van der Waals surface area contributed by atoms with E-state index < -0.39 is 71.0 Å². The van der Waals surface area contributed by atoms with Gasteiger partial charge in [0.25, 0.3) is 0 Å².